The fourth-order valence-electron chi connectivity index (χ4n) is 0.780. The van der Waals surface area contributed by atoms with Crippen molar-refractivity contribution >= 4 is 11.9 Å². The van der Waals surface area contributed by atoms with Crippen LogP contribution < -0.4 is 0 Å². The van der Waals surface area contributed by atoms with Crippen molar-refractivity contribution in [1.82, 2.24) is 0 Å². The van der Waals surface area contributed by atoms with E-state index in [1.165, 1.54) is 0 Å². The Kier molecular flexibility index (Phi) is 11.2. The van der Waals surface area contributed by atoms with E-state index < -0.39 is 36.4 Å². The van der Waals surface area contributed by atoms with Gasteiger partial charge in [0.05, 0.1) is 20.3 Å². The Morgan fingerprint density at radius 3 is 1.58 bits per heavy atom. The largest absolute Gasteiger partial charge is 0.479 e. The van der Waals surface area contributed by atoms with Crippen LogP contribution in [0.5, 0.6) is 0 Å². The van der Waals surface area contributed by atoms with Gasteiger partial charge in [0.2, 0.25) is 0 Å². The number of ether oxygens (including phenoxy) is 1. The van der Waals surface area contributed by atoms with Gasteiger partial charge in [-0.1, -0.05) is 0 Å². The highest BCUT2D eigenvalue weighted by Gasteiger charge is 2.37. The first-order valence-corrected chi connectivity index (χ1v) is 4.99. The molecule has 0 rings (SSSR count). The highest BCUT2D eigenvalue weighted by molar-refractivity contribution is 5.76. The molecule has 7 N–H and O–H groups in total. The minimum Gasteiger partial charge on any atom is -0.479 e. The zero-order chi connectivity index (χ0) is 15.6. The molecule has 0 heterocycles. The summed E-state index contributed by atoms with van der Waals surface area (Å²) < 4.78 is 4.03. The van der Waals surface area contributed by atoms with Gasteiger partial charge in [0.25, 0.3) is 0 Å². The Morgan fingerprint density at radius 1 is 0.947 bits per heavy atom. The molecule has 114 valence electrons. The van der Waals surface area contributed by atoms with Crippen LogP contribution in [0.15, 0.2) is 0 Å². The van der Waals surface area contributed by atoms with E-state index >= 15 is 0 Å². The smallest absolute Gasteiger partial charge is 0.337 e. The molecule has 19 heavy (non-hydrogen) atoms. The number of methoxy groups -OCH3 is 1. The monoisotopic (exact) mass is 286 g/mol. The van der Waals surface area contributed by atoms with Gasteiger partial charge in [-0.25, -0.2) is 9.59 Å². The highest BCUT2D eigenvalue weighted by Crippen LogP contribution is 2.06. The lowest BCUT2D eigenvalue weighted by Crippen LogP contribution is -2.50. The molecule has 0 radical (unpaired) electrons. The van der Waals surface area contributed by atoms with E-state index in [-0.39, 0.29) is 13.2 Å². The van der Waals surface area contributed by atoms with Crippen LogP contribution in [0.4, 0.5) is 0 Å². The van der Waals surface area contributed by atoms with Gasteiger partial charge >= 0.3 is 11.9 Å². The average Bonchev–Trinajstić information content (AvgIpc) is 2.42. The Labute approximate surface area is 108 Å². The molecule has 0 bridgehead atoms. The van der Waals surface area contributed by atoms with Gasteiger partial charge in [-0.15, -0.1) is 0 Å². The normalized spacial score (nSPS) is 16.4. The first kappa shape index (κ1) is 20.0. The molecule has 0 aromatic rings. The molecule has 4 unspecified atom stereocenters. The molecule has 4 atom stereocenters. The van der Waals surface area contributed by atoms with E-state index in [4.69, 9.17) is 35.7 Å². The van der Waals surface area contributed by atoms with Crippen molar-refractivity contribution in [3.63, 3.8) is 0 Å². The highest BCUT2D eigenvalue weighted by atomic mass is 16.5. The second-order valence-corrected chi connectivity index (χ2v) is 3.18. The second-order valence-electron chi connectivity index (χ2n) is 3.18. The molecule has 10 nitrogen and oxygen atoms in total. The Morgan fingerprint density at radius 2 is 1.32 bits per heavy atom. The van der Waals surface area contributed by atoms with Crippen molar-refractivity contribution in [2.45, 2.75) is 24.4 Å². The average molecular weight is 286 g/mol. The predicted molar refractivity (Wildman–Crippen MR) is 57.9 cm³/mol. The lowest BCUT2D eigenvalue weighted by molar-refractivity contribution is -0.174. The minimum atomic E-state index is -2.31. The molecule has 0 aliphatic carbocycles. The van der Waals surface area contributed by atoms with Gasteiger partial charge in [0, 0.05) is 0 Å². The van der Waals surface area contributed by atoms with E-state index in [9.17, 15) is 9.59 Å². The number of aliphatic carboxylic acids is 1. The quantitative estimate of drug-likeness (QED) is 0.235. The van der Waals surface area contributed by atoms with Gasteiger partial charge in [-0.05, 0) is 0 Å². The first-order chi connectivity index (χ1) is 8.74. The maximum absolute atomic E-state index is 10.7. The molecule has 10 heteroatoms. The number of carboxylic acid groups (broad SMARTS) is 1. The molecule has 0 saturated carbocycles. The molecule has 0 aromatic heterocycles. The van der Waals surface area contributed by atoms with Crippen LogP contribution in [0.3, 0.4) is 0 Å². The molecule has 0 aliphatic heterocycles. The molecule has 0 spiro atoms. The zero-order valence-electron chi connectivity index (χ0n) is 10.1. The minimum absolute atomic E-state index is 0.125. The summed E-state index contributed by atoms with van der Waals surface area (Å²) >= 11 is 0. The summed E-state index contributed by atoms with van der Waals surface area (Å²) in [6.07, 6.45) is -8.78. The number of carbonyl (C=O) groups excluding carboxylic acids is 1. The number of esters is 1. The van der Waals surface area contributed by atoms with Crippen LogP contribution in [0.2, 0.25) is 0 Å². The summed E-state index contributed by atoms with van der Waals surface area (Å²) in [6.45, 7) is -0.250. The maximum Gasteiger partial charge on any atom is 0.337 e. The van der Waals surface area contributed by atoms with Crippen molar-refractivity contribution in [1.29, 1.82) is 0 Å². The number of aliphatic hydroxyl groups is 6. The van der Waals surface area contributed by atoms with Gasteiger partial charge in [0.15, 0.2) is 12.2 Å². The van der Waals surface area contributed by atoms with Crippen LogP contribution in [-0.4, -0.2) is 92.4 Å². The number of aliphatic hydroxyl groups excluding tert-OH is 6. The maximum atomic E-state index is 10.7. The Hall–Kier alpha value is -1.30. The third kappa shape index (κ3) is 7.66. The standard InChI is InChI=1S/C7H12O8.C2H6O2/c1-15-7(14)5(11)3(9)2(8)4(10)6(12)13;3-1-2-4/h2-5,8-11H,1H3,(H,12,13);3-4H,1-2H2. The predicted octanol–water partition coefficient (Wildman–Crippen LogP) is -4.34. The molecular formula is C9H18O10. The molecule has 0 aliphatic rings. The number of carbonyl (C=O) groups is 2. The van der Waals surface area contributed by atoms with Crippen molar-refractivity contribution in [3.05, 3.63) is 0 Å². The summed E-state index contributed by atoms with van der Waals surface area (Å²) in [5.74, 6) is -3.04. The van der Waals surface area contributed by atoms with Crippen LogP contribution >= 0.6 is 0 Å². The molecule has 0 fully saturated rings. The second kappa shape index (κ2) is 10.6. The summed E-state index contributed by atoms with van der Waals surface area (Å²) in [5.41, 5.74) is 0. The van der Waals surface area contributed by atoms with Crippen LogP contribution in [-0.2, 0) is 14.3 Å². The molecule has 0 amide bonds. The molecule has 0 saturated heterocycles. The molecular weight excluding hydrogens is 268 g/mol. The number of hydrogen-bond acceptors (Lipinski definition) is 9. The fraction of sp³-hybridized carbons (Fsp3) is 0.778. The van der Waals surface area contributed by atoms with Crippen LogP contribution in [0.25, 0.3) is 0 Å². The van der Waals surface area contributed by atoms with Crippen molar-refractivity contribution in [3.8, 4) is 0 Å². The first-order valence-electron chi connectivity index (χ1n) is 4.99. The summed E-state index contributed by atoms with van der Waals surface area (Å²) in [7, 11) is 0.929. The van der Waals surface area contributed by atoms with E-state index in [0.29, 0.717) is 0 Å². The van der Waals surface area contributed by atoms with Gasteiger partial charge in [-0.2, -0.15) is 0 Å². The molecule has 0 aromatic carbocycles. The van der Waals surface area contributed by atoms with E-state index in [1.54, 1.807) is 0 Å². The number of rotatable bonds is 6. The fourth-order valence-corrected chi connectivity index (χ4v) is 0.780. The Bertz CT molecular complexity index is 266. The number of carboxylic acids is 1. The van der Waals surface area contributed by atoms with Gasteiger partial charge in [0.1, 0.15) is 12.2 Å². The third-order valence-electron chi connectivity index (χ3n) is 1.79. The van der Waals surface area contributed by atoms with Gasteiger partial charge in [-0.3, -0.25) is 0 Å². The van der Waals surface area contributed by atoms with E-state index in [0.717, 1.165) is 7.11 Å². The van der Waals surface area contributed by atoms with Crippen molar-refractivity contribution < 1.29 is 50.1 Å². The number of hydrogen-bond donors (Lipinski definition) is 7. The summed E-state index contributed by atoms with van der Waals surface area (Å²) in [6, 6.07) is 0. The zero-order valence-corrected chi connectivity index (χ0v) is 10.1. The van der Waals surface area contributed by atoms with Gasteiger partial charge < -0.3 is 40.5 Å². The SMILES string of the molecule is COC(=O)C(O)C(O)C(O)C(O)C(=O)O.OCCO. The van der Waals surface area contributed by atoms with E-state index in [2.05, 4.69) is 4.74 Å². The summed E-state index contributed by atoms with van der Waals surface area (Å²) in [4.78, 5) is 20.9. The van der Waals surface area contributed by atoms with Crippen molar-refractivity contribution in [2.24, 2.45) is 0 Å². The third-order valence-corrected chi connectivity index (χ3v) is 1.79. The van der Waals surface area contributed by atoms with E-state index in [1.807, 2.05) is 0 Å². The lowest BCUT2D eigenvalue weighted by atomic mass is 10.0. The van der Waals surface area contributed by atoms with Crippen LogP contribution in [0, 0.1) is 0 Å². The van der Waals surface area contributed by atoms with Crippen molar-refractivity contribution in [2.75, 3.05) is 20.3 Å². The topological polar surface area (TPSA) is 185 Å². The summed E-state index contributed by atoms with van der Waals surface area (Å²) in [5, 5.41) is 59.4. The lowest BCUT2D eigenvalue weighted by Gasteiger charge is -2.22. The Balaban J connectivity index is 0. The van der Waals surface area contributed by atoms with Crippen LogP contribution in [0.1, 0.15) is 0 Å².